The Labute approximate surface area is 162 Å². The molecule has 28 heavy (non-hydrogen) atoms. The Balaban J connectivity index is 1.78. The Morgan fingerprint density at radius 2 is 2.07 bits per heavy atom. The second-order valence-corrected chi connectivity index (χ2v) is 9.71. The average molecular weight is 425 g/mol. The van der Waals surface area contributed by atoms with E-state index in [0.29, 0.717) is 22.9 Å². The fourth-order valence-electron chi connectivity index (χ4n) is 2.83. The molecule has 0 atom stereocenters. The third-order valence-corrected chi connectivity index (χ3v) is 6.98. The van der Waals surface area contributed by atoms with E-state index in [2.05, 4.69) is 19.9 Å². The number of rotatable bonds is 6. The molecule has 1 fully saturated rings. The van der Waals surface area contributed by atoms with Crippen LogP contribution in [0, 0.1) is 6.92 Å². The van der Waals surface area contributed by atoms with Crippen LogP contribution in [0.2, 0.25) is 0 Å². The first-order valence-corrected chi connectivity index (χ1v) is 10.7. The van der Waals surface area contributed by atoms with E-state index in [4.69, 9.17) is 0 Å². The molecule has 2 heterocycles. The maximum Gasteiger partial charge on any atom is 0.329 e. The fourth-order valence-corrected chi connectivity index (χ4v) is 5.00. The van der Waals surface area contributed by atoms with Crippen molar-refractivity contribution in [2.45, 2.75) is 36.7 Å². The van der Waals surface area contributed by atoms with Crippen molar-refractivity contribution in [2.75, 3.05) is 6.67 Å². The molecule has 3 aromatic rings. The van der Waals surface area contributed by atoms with E-state index >= 15 is 0 Å². The summed E-state index contributed by atoms with van der Waals surface area (Å²) in [6.45, 7) is 0.889. The van der Waals surface area contributed by atoms with Crippen molar-refractivity contribution in [3.8, 4) is 0 Å². The van der Waals surface area contributed by atoms with Crippen LogP contribution < -0.4 is 16.0 Å². The van der Waals surface area contributed by atoms with Crippen LogP contribution in [-0.4, -0.2) is 40.4 Å². The van der Waals surface area contributed by atoms with Gasteiger partial charge in [-0.15, -0.1) is 10.2 Å². The number of halogens is 1. The van der Waals surface area contributed by atoms with E-state index < -0.39 is 33.5 Å². The molecule has 4 rings (SSSR count). The van der Waals surface area contributed by atoms with Crippen molar-refractivity contribution in [3.63, 3.8) is 0 Å². The van der Waals surface area contributed by atoms with Gasteiger partial charge in [-0.2, -0.15) is 0 Å². The van der Waals surface area contributed by atoms with E-state index in [1.807, 2.05) is 0 Å². The second kappa shape index (κ2) is 6.57. The molecule has 2 N–H and O–H groups in total. The second-order valence-electron chi connectivity index (χ2n) is 6.76. The van der Waals surface area contributed by atoms with Crippen LogP contribution in [0.4, 0.5) is 4.39 Å². The van der Waals surface area contributed by atoms with Gasteiger partial charge in [0.25, 0.3) is 5.56 Å². The van der Waals surface area contributed by atoms with Crippen LogP contribution in [0.1, 0.15) is 22.9 Å². The van der Waals surface area contributed by atoms with Gasteiger partial charge in [-0.05, 0) is 38.0 Å². The zero-order chi connectivity index (χ0) is 20.1. The number of nitrogens with one attached hydrogen (secondary N) is 2. The molecule has 12 heteroatoms. The normalized spacial score (nSPS) is 15.8. The summed E-state index contributed by atoms with van der Waals surface area (Å²) in [6, 6.07) is 3.81. The van der Waals surface area contributed by atoms with Crippen molar-refractivity contribution < 1.29 is 12.8 Å². The number of alkyl halides is 1. The molecule has 1 aromatic carbocycles. The van der Waals surface area contributed by atoms with Gasteiger partial charge >= 0.3 is 5.69 Å². The van der Waals surface area contributed by atoms with E-state index in [-0.39, 0.29) is 22.3 Å². The molecule has 1 saturated carbocycles. The Bertz CT molecular complexity index is 1290. The number of sulfonamides is 1. The predicted molar refractivity (Wildman–Crippen MR) is 101 cm³/mol. The van der Waals surface area contributed by atoms with Crippen LogP contribution in [-0.2, 0) is 16.6 Å². The zero-order valence-electron chi connectivity index (χ0n) is 14.7. The molecule has 0 unspecified atom stereocenters. The standard InChI is InChI=1S/C16H16FN5O4S2/c1-9-19-20-13(27-9)7-22-14(23)11-6-10(2-3-12(11)18-15(22)24)28(25,26)21-16(8-17)4-5-16/h2-3,6,21H,4-5,7-8H2,1H3,(H,18,24). The van der Waals surface area contributed by atoms with E-state index in [0.717, 1.165) is 4.57 Å². The molecular weight excluding hydrogens is 409 g/mol. The van der Waals surface area contributed by atoms with Gasteiger partial charge in [-0.3, -0.25) is 9.36 Å². The van der Waals surface area contributed by atoms with Gasteiger partial charge in [0.2, 0.25) is 10.0 Å². The molecule has 0 radical (unpaired) electrons. The quantitative estimate of drug-likeness (QED) is 0.598. The third kappa shape index (κ3) is 3.38. The highest BCUT2D eigenvalue weighted by Crippen LogP contribution is 2.37. The molecule has 0 amide bonds. The largest absolute Gasteiger partial charge is 0.329 e. The maximum absolute atomic E-state index is 13.1. The Morgan fingerprint density at radius 3 is 2.68 bits per heavy atom. The number of hydrogen-bond acceptors (Lipinski definition) is 7. The first-order chi connectivity index (χ1) is 13.2. The van der Waals surface area contributed by atoms with Crippen molar-refractivity contribution in [1.82, 2.24) is 24.5 Å². The van der Waals surface area contributed by atoms with E-state index in [1.165, 1.54) is 29.5 Å². The lowest BCUT2D eigenvalue weighted by Crippen LogP contribution is -2.38. The highest BCUT2D eigenvalue weighted by atomic mass is 32.2. The first kappa shape index (κ1) is 18.9. The van der Waals surface area contributed by atoms with Gasteiger partial charge in [0, 0.05) is 0 Å². The van der Waals surface area contributed by atoms with Crippen LogP contribution in [0.3, 0.4) is 0 Å². The number of aryl methyl sites for hydroxylation is 1. The summed E-state index contributed by atoms with van der Waals surface area (Å²) < 4.78 is 41.5. The van der Waals surface area contributed by atoms with Gasteiger partial charge in [-0.25, -0.2) is 22.3 Å². The first-order valence-electron chi connectivity index (χ1n) is 8.39. The summed E-state index contributed by atoms with van der Waals surface area (Å²) in [7, 11) is -4.00. The Kier molecular flexibility index (Phi) is 4.43. The molecule has 1 aliphatic carbocycles. The minimum atomic E-state index is -4.00. The average Bonchev–Trinajstić information content (AvgIpc) is 3.29. The summed E-state index contributed by atoms with van der Waals surface area (Å²) in [6.07, 6.45) is 0.857. The van der Waals surface area contributed by atoms with Gasteiger partial charge < -0.3 is 4.98 Å². The molecule has 2 aromatic heterocycles. The Morgan fingerprint density at radius 1 is 1.32 bits per heavy atom. The smallest absolute Gasteiger partial charge is 0.307 e. The van der Waals surface area contributed by atoms with Crippen molar-refractivity contribution in [1.29, 1.82) is 0 Å². The minimum Gasteiger partial charge on any atom is -0.307 e. The van der Waals surface area contributed by atoms with Crippen molar-refractivity contribution >= 4 is 32.3 Å². The highest BCUT2D eigenvalue weighted by Gasteiger charge is 2.46. The zero-order valence-corrected chi connectivity index (χ0v) is 16.4. The number of H-pyrrole nitrogens is 1. The van der Waals surface area contributed by atoms with Gasteiger partial charge in [0.1, 0.15) is 16.7 Å². The van der Waals surface area contributed by atoms with Crippen LogP contribution in [0.25, 0.3) is 10.9 Å². The summed E-state index contributed by atoms with van der Waals surface area (Å²) >= 11 is 1.25. The summed E-state index contributed by atoms with van der Waals surface area (Å²) in [5.74, 6) is 0. The predicted octanol–water partition coefficient (Wildman–Crippen LogP) is 0.678. The number of hydrogen-bond donors (Lipinski definition) is 2. The monoisotopic (exact) mass is 425 g/mol. The van der Waals surface area contributed by atoms with Gasteiger partial charge in [-0.1, -0.05) is 11.3 Å². The molecule has 0 saturated heterocycles. The Hall–Kier alpha value is -2.44. The number of aromatic amines is 1. The molecule has 1 aliphatic rings. The van der Waals surface area contributed by atoms with Gasteiger partial charge in [0.15, 0.2) is 0 Å². The van der Waals surface area contributed by atoms with Crippen LogP contribution >= 0.6 is 11.3 Å². The SMILES string of the molecule is Cc1nnc(Cn2c(=O)[nH]c3ccc(S(=O)(=O)NC4(CF)CC4)cc3c2=O)s1. The summed E-state index contributed by atoms with van der Waals surface area (Å²) in [4.78, 5) is 27.5. The molecule has 0 bridgehead atoms. The van der Waals surface area contributed by atoms with Gasteiger partial charge in [0.05, 0.1) is 27.9 Å². The minimum absolute atomic E-state index is 0.0359. The number of aromatic nitrogens is 4. The number of fused-ring (bicyclic) bond motifs is 1. The fraction of sp³-hybridized carbons (Fsp3) is 0.375. The van der Waals surface area contributed by atoms with Crippen molar-refractivity contribution in [2.24, 2.45) is 0 Å². The lowest BCUT2D eigenvalue weighted by atomic mass is 10.2. The number of benzene rings is 1. The van der Waals surface area contributed by atoms with E-state index in [1.54, 1.807) is 6.92 Å². The molecular formula is C16H16FN5O4S2. The third-order valence-electron chi connectivity index (χ3n) is 4.59. The topological polar surface area (TPSA) is 127 Å². The molecule has 148 valence electrons. The highest BCUT2D eigenvalue weighted by molar-refractivity contribution is 7.89. The van der Waals surface area contributed by atoms with Crippen LogP contribution in [0.5, 0.6) is 0 Å². The lowest BCUT2D eigenvalue weighted by Gasteiger charge is -2.14. The van der Waals surface area contributed by atoms with Crippen molar-refractivity contribution in [3.05, 3.63) is 49.1 Å². The van der Waals surface area contributed by atoms with Crippen LogP contribution in [0.15, 0.2) is 32.7 Å². The lowest BCUT2D eigenvalue weighted by molar-refractivity contribution is 0.393. The summed E-state index contributed by atoms with van der Waals surface area (Å²) in [5, 5.41) is 8.96. The molecule has 0 aliphatic heterocycles. The van der Waals surface area contributed by atoms with E-state index in [9.17, 15) is 22.4 Å². The maximum atomic E-state index is 13.1. The molecule has 0 spiro atoms. The number of nitrogens with zero attached hydrogens (tertiary/aromatic N) is 3. The molecule has 9 nitrogen and oxygen atoms in total. The summed E-state index contributed by atoms with van der Waals surface area (Å²) in [5.41, 5.74) is -2.11.